The molecule has 2 atom stereocenters. The molecule has 9 heteroatoms. The van der Waals surface area contributed by atoms with Gasteiger partial charge in [-0.05, 0) is 44.2 Å². The van der Waals surface area contributed by atoms with Crippen molar-refractivity contribution in [2.45, 2.75) is 32.6 Å². The molecule has 2 heterocycles. The van der Waals surface area contributed by atoms with E-state index in [0.29, 0.717) is 21.3 Å². The molecule has 30 heavy (non-hydrogen) atoms. The maximum absolute atomic E-state index is 13.0. The van der Waals surface area contributed by atoms with Crippen LogP contribution in [0.3, 0.4) is 0 Å². The van der Waals surface area contributed by atoms with Crippen molar-refractivity contribution in [2.24, 2.45) is 4.99 Å². The van der Waals surface area contributed by atoms with Gasteiger partial charge >= 0.3 is 5.97 Å². The molecular weight excluding hydrogens is 428 g/mol. The van der Waals surface area contributed by atoms with Gasteiger partial charge in [-0.25, -0.2) is 0 Å². The van der Waals surface area contributed by atoms with Crippen molar-refractivity contribution in [3.05, 3.63) is 52.3 Å². The largest absolute Gasteiger partial charge is 0.482 e. The lowest BCUT2D eigenvalue weighted by Crippen LogP contribution is -2.43. The lowest BCUT2D eigenvalue weighted by atomic mass is 10.1. The van der Waals surface area contributed by atoms with Crippen LogP contribution in [0.15, 0.2) is 47.5 Å². The first-order valence-electron chi connectivity index (χ1n) is 9.41. The molecule has 0 bridgehead atoms. The van der Waals surface area contributed by atoms with Crippen molar-refractivity contribution in [1.29, 1.82) is 0 Å². The molecule has 0 N–H and O–H groups in total. The first-order valence-corrected chi connectivity index (χ1v) is 10.6. The molecule has 3 aromatic rings. The summed E-state index contributed by atoms with van der Waals surface area (Å²) in [6.45, 7) is 3.69. The van der Waals surface area contributed by atoms with Crippen molar-refractivity contribution >= 4 is 45.0 Å². The summed E-state index contributed by atoms with van der Waals surface area (Å²) in [5, 5.41) is 0.555. The van der Waals surface area contributed by atoms with Gasteiger partial charge in [0, 0.05) is 5.02 Å². The van der Waals surface area contributed by atoms with Crippen LogP contribution in [0, 0.1) is 0 Å². The topological polar surface area (TPSA) is 79.1 Å². The molecule has 7 nitrogen and oxygen atoms in total. The van der Waals surface area contributed by atoms with Crippen LogP contribution in [-0.2, 0) is 20.9 Å². The maximum Gasteiger partial charge on any atom is 0.326 e. The molecule has 1 aliphatic rings. The highest BCUT2D eigenvalue weighted by atomic mass is 35.5. The number of aromatic nitrogens is 1. The fraction of sp³-hybridized carbons (Fsp3) is 0.286. The van der Waals surface area contributed by atoms with E-state index in [1.165, 1.54) is 11.3 Å². The van der Waals surface area contributed by atoms with E-state index in [1.807, 2.05) is 6.07 Å². The Morgan fingerprint density at radius 2 is 1.93 bits per heavy atom. The summed E-state index contributed by atoms with van der Waals surface area (Å²) in [5.41, 5.74) is 0.739. The minimum atomic E-state index is -0.898. The number of esters is 1. The van der Waals surface area contributed by atoms with Gasteiger partial charge in [0.05, 0.1) is 16.8 Å². The number of benzene rings is 2. The summed E-state index contributed by atoms with van der Waals surface area (Å²) >= 11 is 7.37. The van der Waals surface area contributed by atoms with Gasteiger partial charge in [0.2, 0.25) is 6.10 Å². The summed E-state index contributed by atoms with van der Waals surface area (Å²) in [7, 11) is 0. The number of amides is 1. The minimum Gasteiger partial charge on any atom is -0.482 e. The molecule has 0 aliphatic carbocycles. The summed E-state index contributed by atoms with van der Waals surface area (Å²) in [4.78, 5) is 29.7. The standard InChI is InChI=1S/C21H19ClN2O5S/c1-3-27-18(25)11-24-14-9-8-13(22)10-17(14)30-21(24)23-20(26)19-12(2)28-15-6-4-5-7-16(15)29-19/h4-10,12,19H,3,11H2,1-2H3. The van der Waals surface area contributed by atoms with Crippen LogP contribution in [0.25, 0.3) is 10.2 Å². The summed E-state index contributed by atoms with van der Waals surface area (Å²) < 4.78 is 19.2. The van der Waals surface area contributed by atoms with Crippen LogP contribution in [-0.4, -0.2) is 35.3 Å². The first kappa shape index (κ1) is 20.4. The molecule has 0 spiro atoms. The number of rotatable bonds is 4. The van der Waals surface area contributed by atoms with Crippen molar-refractivity contribution in [2.75, 3.05) is 6.61 Å². The molecule has 0 fully saturated rings. The summed E-state index contributed by atoms with van der Waals surface area (Å²) in [5.74, 6) is 0.169. The second-order valence-electron chi connectivity index (χ2n) is 6.65. The Morgan fingerprint density at radius 1 is 1.20 bits per heavy atom. The summed E-state index contributed by atoms with van der Waals surface area (Å²) in [6, 6.07) is 12.4. The van der Waals surface area contributed by atoms with Crippen LogP contribution in [0.2, 0.25) is 5.02 Å². The third kappa shape index (κ3) is 4.06. The first-order chi connectivity index (χ1) is 14.5. The smallest absolute Gasteiger partial charge is 0.326 e. The third-order valence-electron chi connectivity index (χ3n) is 4.53. The van der Waals surface area contributed by atoms with Crippen LogP contribution in [0.4, 0.5) is 0 Å². The molecule has 4 rings (SSSR count). The Kier molecular flexibility index (Phi) is 5.78. The molecule has 156 valence electrons. The van der Waals surface area contributed by atoms with Gasteiger partial charge in [-0.2, -0.15) is 4.99 Å². The van der Waals surface area contributed by atoms with Gasteiger partial charge in [0.1, 0.15) is 12.6 Å². The summed E-state index contributed by atoms with van der Waals surface area (Å²) in [6.07, 6.45) is -1.41. The van der Waals surface area contributed by atoms with E-state index in [-0.39, 0.29) is 13.2 Å². The zero-order valence-electron chi connectivity index (χ0n) is 16.3. The Morgan fingerprint density at radius 3 is 2.67 bits per heavy atom. The van der Waals surface area contributed by atoms with Gasteiger partial charge in [0.15, 0.2) is 16.3 Å². The SMILES string of the molecule is CCOC(=O)Cn1c(=NC(=O)C2Oc3ccccc3OC2C)sc2cc(Cl)ccc21. The molecule has 1 amide bonds. The van der Waals surface area contributed by atoms with Crippen molar-refractivity contribution < 1.29 is 23.8 Å². The Labute approximate surface area is 181 Å². The van der Waals surface area contributed by atoms with E-state index in [2.05, 4.69) is 4.99 Å². The molecule has 1 aliphatic heterocycles. The van der Waals surface area contributed by atoms with Crippen LogP contribution in [0.5, 0.6) is 11.5 Å². The van der Waals surface area contributed by atoms with Gasteiger partial charge in [0.25, 0.3) is 5.91 Å². The number of hydrogen-bond acceptors (Lipinski definition) is 6. The minimum absolute atomic E-state index is 0.0675. The van der Waals surface area contributed by atoms with Gasteiger partial charge in [-0.3, -0.25) is 9.59 Å². The lowest BCUT2D eigenvalue weighted by molar-refractivity contribution is -0.143. The van der Waals surface area contributed by atoms with E-state index in [4.69, 9.17) is 25.8 Å². The third-order valence-corrected chi connectivity index (χ3v) is 5.81. The second kappa shape index (κ2) is 8.49. The molecule has 1 aromatic heterocycles. The van der Waals surface area contributed by atoms with E-state index < -0.39 is 24.1 Å². The highest BCUT2D eigenvalue weighted by Gasteiger charge is 2.34. The van der Waals surface area contributed by atoms with Gasteiger partial charge in [-0.1, -0.05) is 35.1 Å². The molecule has 0 saturated heterocycles. The van der Waals surface area contributed by atoms with E-state index in [0.717, 1.165) is 10.2 Å². The molecule has 0 radical (unpaired) electrons. The van der Waals surface area contributed by atoms with Crippen LogP contribution in [0.1, 0.15) is 13.8 Å². The van der Waals surface area contributed by atoms with Crippen molar-refractivity contribution in [3.8, 4) is 11.5 Å². The average Bonchev–Trinajstić information content (AvgIpc) is 3.03. The number of ether oxygens (including phenoxy) is 3. The van der Waals surface area contributed by atoms with Crippen LogP contribution < -0.4 is 14.3 Å². The number of carbonyl (C=O) groups is 2. The monoisotopic (exact) mass is 446 g/mol. The lowest BCUT2D eigenvalue weighted by Gasteiger charge is -2.29. The number of nitrogens with zero attached hydrogens (tertiary/aromatic N) is 2. The fourth-order valence-electron chi connectivity index (χ4n) is 3.17. The number of para-hydroxylation sites is 2. The number of fused-ring (bicyclic) bond motifs is 2. The predicted molar refractivity (Wildman–Crippen MR) is 113 cm³/mol. The predicted octanol–water partition coefficient (Wildman–Crippen LogP) is 3.58. The number of thiazole rings is 1. The van der Waals surface area contributed by atoms with Crippen molar-refractivity contribution in [1.82, 2.24) is 4.57 Å². The number of hydrogen-bond donors (Lipinski definition) is 0. The number of halogens is 1. The Bertz CT molecular complexity index is 1190. The van der Waals surface area contributed by atoms with Gasteiger partial charge in [-0.15, -0.1) is 0 Å². The highest BCUT2D eigenvalue weighted by molar-refractivity contribution is 7.16. The Hall–Kier alpha value is -2.84. The fourth-order valence-corrected chi connectivity index (χ4v) is 4.48. The zero-order chi connectivity index (χ0) is 21.3. The molecule has 2 aromatic carbocycles. The number of carbonyl (C=O) groups excluding carboxylic acids is 2. The second-order valence-corrected chi connectivity index (χ2v) is 8.09. The normalized spacial score (nSPS) is 18.4. The maximum atomic E-state index is 13.0. The van der Waals surface area contributed by atoms with Crippen molar-refractivity contribution in [3.63, 3.8) is 0 Å². The molecular formula is C21H19ClN2O5S. The Balaban J connectivity index is 1.72. The molecule has 0 saturated carbocycles. The highest BCUT2D eigenvalue weighted by Crippen LogP contribution is 2.33. The van der Waals surface area contributed by atoms with E-state index in [1.54, 1.807) is 54.8 Å². The average molecular weight is 447 g/mol. The van der Waals surface area contributed by atoms with Crippen LogP contribution >= 0.6 is 22.9 Å². The zero-order valence-corrected chi connectivity index (χ0v) is 17.9. The van der Waals surface area contributed by atoms with E-state index >= 15 is 0 Å². The van der Waals surface area contributed by atoms with E-state index in [9.17, 15) is 9.59 Å². The molecule has 2 unspecified atom stereocenters. The quantitative estimate of drug-likeness (QED) is 0.572. The van der Waals surface area contributed by atoms with Gasteiger partial charge < -0.3 is 18.8 Å².